The molecule has 0 radical (unpaired) electrons. The van der Waals surface area contributed by atoms with E-state index in [0.29, 0.717) is 15.4 Å². The summed E-state index contributed by atoms with van der Waals surface area (Å²) in [6.45, 7) is 2.74. The van der Waals surface area contributed by atoms with E-state index in [0.717, 1.165) is 35.7 Å². The Bertz CT molecular complexity index is 1130. The molecule has 0 spiro atoms. The number of Topliss-reactive ketones (excluding diaryl/α,β-unsaturated/α-hetero) is 2. The van der Waals surface area contributed by atoms with Crippen LogP contribution >= 0.6 is 23.1 Å². The number of thioether (sulfide) groups is 1. The van der Waals surface area contributed by atoms with E-state index in [1.165, 1.54) is 49.2 Å². The number of hydrogen-bond acceptors (Lipinski definition) is 6. The van der Waals surface area contributed by atoms with Crippen LogP contribution < -0.4 is 5.56 Å². The molecule has 0 unspecified atom stereocenters. The lowest BCUT2D eigenvalue weighted by Crippen LogP contribution is -2.23. The third kappa shape index (κ3) is 3.56. The number of hydrogen-bond donors (Lipinski definition) is 1. The van der Waals surface area contributed by atoms with E-state index < -0.39 is 5.25 Å². The number of ketones is 2. The molecule has 0 saturated carbocycles. The fraction of sp³-hybridized carbons (Fsp3) is 0.333. The Kier molecular flexibility index (Phi) is 5.21. The molecule has 2 heterocycles. The van der Waals surface area contributed by atoms with Crippen LogP contribution in [-0.2, 0) is 22.4 Å². The quantitative estimate of drug-likeness (QED) is 0.386. The summed E-state index contributed by atoms with van der Waals surface area (Å²) in [4.78, 5) is 44.0. The first-order valence-corrected chi connectivity index (χ1v) is 11.0. The van der Waals surface area contributed by atoms with Crippen LogP contribution in [0.2, 0.25) is 0 Å². The number of aromatic nitrogens is 2. The standard InChI is InChI=1S/C21H20N2O3S2/c1-11(24)18(12(2)25)28-21-22-19(26)17-16(10-27-20(17)23-21)15-8-7-13-5-3-4-6-14(13)9-15/h7-10,18H,3-6H2,1-2H3,(H,22,23,26). The highest BCUT2D eigenvalue weighted by atomic mass is 32.2. The Hall–Kier alpha value is -2.25. The molecule has 1 N–H and O–H groups in total. The number of nitrogens with one attached hydrogen (secondary N) is 1. The molecule has 7 heteroatoms. The lowest BCUT2D eigenvalue weighted by molar-refractivity contribution is -0.123. The summed E-state index contributed by atoms with van der Waals surface area (Å²) in [5, 5.41) is 1.97. The lowest BCUT2D eigenvalue weighted by atomic mass is 9.89. The van der Waals surface area contributed by atoms with E-state index in [4.69, 9.17) is 0 Å². The van der Waals surface area contributed by atoms with Crippen LogP contribution in [0, 0.1) is 0 Å². The van der Waals surface area contributed by atoms with Gasteiger partial charge in [0.2, 0.25) is 0 Å². The molecule has 144 valence electrons. The number of carbonyl (C=O) groups excluding carboxylic acids is 2. The van der Waals surface area contributed by atoms with Gasteiger partial charge in [-0.3, -0.25) is 14.4 Å². The van der Waals surface area contributed by atoms with Crippen LogP contribution in [0.25, 0.3) is 21.3 Å². The SMILES string of the molecule is CC(=O)C(Sc1nc2scc(-c3ccc4c(c3)CCCC4)c2c(=O)[nH]1)C(C)=O. The highest BCUT2D eigenvalue weighted by Gasteiger charge is 2.23. The summed E-state index contributed by atoms with van der Waals surface area (Å²) in [6.07, 6.45) is 4.64. The van der Waals surface area contributed by atoms with Crippen molar-refractivity contribution < 1.29 is 9.59 Å². The number of fused-ring (bicyclic) bond motifs is 2. The second-order valence-corrected chi connectivity index (χ2v) is 9.06. The van der Waals surface area contributed by atoms with Gasteiger partial charge in [0.15, 0.2) is 16.7 Å². The van der Waals surface area contributed by atoms with Crippen LogP contribution in [0.1, 0.15) is 37.8 Å². The van der Waals surface area contributed by atoms with E-state index in [-0.39, 0.29) is 17.1 Å². The molecule has 2 aromatic heterocycles. The second-order valence-electron chi connectivity index (χ2n) is 7.11. The molecule has 1 aliphatic carbocycles. The largest absolute Gasteiger partial charge is 0.301 e. The Morgan fingerprint density at radius 2 is 1.86 bits per heavy atom. The smallest absolute Gasteiger partial charge is 0.260 e. The van der Waals surface area contributed by atoms with Crippen LogP contribution in [0.15, 0.2) is 33.5 Å². The van der Waals surface area contributed by atoms with Gasteiger partial charge >= 0.3 is 0 Å². The van der Waals surface area contributed by atoms with Gasteiger partial charge < -0.3 is 4.98 Å². The van der Waals surface area contributed by atoms with Crippen molar-refractivity contribution in [3.8, 4) is 11.1 Å². The maximum absolute atomic E-state index is 12.8. The molecule has 0 fully saturated rings. The molecule has 0 atom stereocenters. The van der Waals surface area contributed by atoms with Gasteiger partial charge in [-0.25, -0.2) is 4.98 Å². The van der Waals surface area contributed by atoms with Gasteiger partial charge in [0, 0.05) is 10.9 Å². The van der Waals surface area contributed by atoms with Crippen molar-refractivity contribution in [1.29, 1.82) is 0 Å². The highest BCUT2D eigenvalue weighted by Crippen LogP contribution is 2.34. The molecule has 0 saturated heterocycles. The number of aromatic amines is 1. The normalized spacial score (nSPS) is 13.7. The molecule has 0 amide bonds. The number of nitrogens with zero attached hydrogens (tertiary/aromatic N) is 1. The Morgan fingerprint density at radius 3 is 2.57 bits per heavy atom. The maximum Gasteiger partial charge on any atom is 0.260 e. The van der Waals surface area contributed by atoms with E-state index >= 15 is 0 Å². The minimum atomic E-state index is -0.847. The van der Waals surface area contributed by atoms with Crippen LogP contribution in [0.5, 0.6) is 0 Å². The summed E-state index contributed by atoms with van der Waals surface area (Å²) in [7, 11) is 0. The Balaban J connectivity index is 1.74. The van der Waals surface area contributed by atoms with Gasteiger partial charge in [-0.2, -0.15) is 0 Å². The van der Waals surface area contributed by atoms with Gasteiger partial charge in [-0.05, 0) is 56.2 Å². The third-order valence-corrected chi connectivity index (χ3v) is 7.24. The van der Waals surface area contributed by atoms with Crippen LogP contribution in [-0.4, -0.2) is 26.8 Å². The molecule has 1 aliphatic rings. The van der Waals surface area contributed by atoms with Crippen molar-refractivity contribution in [3.05, 3.63) is 45.1 Å². The zero-order valence-electron chi connectivity index (χ0n) is 15.7. The van der Waals surface area contributed by atoms with Crippen LogP contribution in [0.3, 0.4) is 0 Å². The zero-order valence-corrected chi connectivity index (χ0v) is 17.3. The van der Waals surface area contributed by atoms with Crippen molar-refractivity contribution in [2.24, 2.45) is 0 Å². The number of H-pyrrole nitrogens is 1. The number of benzene rings is 1. The molecule has 1 aromatic carbocycles. The summed E-state index contributed by atoms with van der Waals surface area (Å²) in [5.74, 6) is -0.498. The number of carbonyl (C=O) groups is 2. The first-order valence-electron chi connectivity index (χ1n) is 9.25. The number of rotatable bonds is 5. The molecule has 4 rings (SSSR count). The monoisotopic (exact) mass is 412 g/mol. The summed E-state index contributed by atoms with van der Waals surface area (Å²) in [5.41, 5.74) is 4.44. The van der Waals surface area contributed by atoms with Gasteiger partial charge in [-0.15, -0.1) is 11.3 Å². The van der Waals surface area contributed by atoms with Crippen molar-refractivity contribution in [2.75, 3.05) is 0 Å². The van der Waals surface area contributed by atoms with E-state index in [9.17, 15) is 14.4 Å². The van der Waals surface area contributed by atoms with Gasteiger partial charge in [0.1, 0.15) is 10.1 Å². The molecule has 3 aromatic rings. The molecule has 0 bridgehead atoms. The van der Waals surface area contributed by atoms with Crippen molar-refractivity contribution in [3.63, 3.8) is 0 Å². The van der Waals surface area contributed by atoms with Crippen molar-refractivity contribution in [2.45, 2.75) is 49.9 Å². The average molecular weight is 413 g/mol. The molecular weight excluding hydrogens is 392 g/mol. The predicted molar refractivity (Wildman–Crippen MR) is 113 cm³/mol. The van der Waals surface area contributed by atoms with E-state index in [1.807, 2.05) is 5.38 Å². The predicted octanol–water partition coefficient (Wildman–Crippen LogP) is 4.17. The van der Waals surface area contributed by atoms with Crippen molar-refractivity contribution >= 4 is 44.9 Å². The maximum atomic E-state index is 12.8. The minimum absolute atomic E-state index is 0.243. The van der Waals surface area contributed by atoms with E-state index in [2.05, 4.69) is 28.2 Å². The van der Waals surface area contributed by atoms with Crippen molar-refractivity contribution in [1.82, 2.24) is 9.97 Å². The number of thiophene rings is 1. The molecule has 28 heavy (non-hydrogen) atoms. The number of aryl methyl sites for hydroxylation is 2. The average Bonchev–Trinajstić information content (AvgIpc) is 3.10. The van der Waals surface area contributed by atoms with Crippen LogP contribution in [0.4, 0.5) is 0 Å². The third-order valence-electron chi connectivity index (χ3n) is 5.05. The summed E-state index contributed by atoms with van der Waals surface area (Å²) < 4.78 is 0. The highest BCUT2D eigenvalue weighted by molar-refractivity contribution is 8.01. The topological polar surface area (TPSA) is 79.9 Å². The summed E-state index contributed by atoms with van der Waals surface area (Å²) >= 11 is 2.40. The van der Waals surface area contributed by atoms with Gasteiger partial charge in [0.25, 0.3) is 5.56 Å². The summed E-state index contributed by atoms with van der Waals surface area (Å²) in [6, 6.07) is 6.44. The molecule has 5 nitrogen and oxygen atoms in total. The fourth-order valence-electron chi connectivity index (χ4n) is 3.66. The Morgan fingerprint density at radius 1 is 1.14 bits per heavy atom. The Labute approximate surface area is 170 Å². The molecular formula is C21H20N2O3S2. The first-order chi connectivity index (χ1) is 13.4. The van der Waals surface area contributed by atoms with Gasteiger partial charge in [-0.1, -0.05) is 30.0 Å². The lowest BCUT2D eigenvalue weighted by Gasteiger charge is -2.16. The van der Waals surface area contributed by atoms with Gasteiger partial charge in [0.05, 0.1) is 5.39 Å². The van der Waals surface area contributed by atoms with E-state index in [1.54, 1.807) is 0 Å². The zero-order chi connectivity index (χ0) is 19.8. The molecule has 0 aliphatic heterocycles. The minimum Gasteiger partial charge on any atom is -0.301 e. The second kappa shape index (κ2) is 7.64. The fourth-order valence-corrected chi connectivity index (χ4v) is 5.52. The first kappa shape index (κ1) is 19.1.